The van der Waals surface area contributed by atoms with E-state index in [1.54, 1.807) is 0 Å². The van der Waals surface area contributed by atoms with E-state index >= 15 is 0 Å². The van der Waals surface area contributed by atoms with Gasteiger partial charge in [-0.25, -0.2) is 0 Å². The van der Waals surface area contributed by atoms with Crippen molar-refractivity contribution in [3.8, 4) is 0 Å². The van der Waals surface area contributed by atoms with Gasteiger partial charge in [0.05, 0.1) is 0 Å². The molecule has 0 aromatic carbocycles. The number of carbonyl (C=O) groups is 2. The van der Waals surface area contributed by atoms with Crippen LogP contribution in [0.15, 0.2) is 22.9 Å². The predicted octanol–water partition coefficient (Wildman–Crippen LogP) is 0.0500. The highest BCUT2D eigenvalue weighted by Crippen LogP contribution is 2.14. The van der Waals surface area contributed by atoms with Crippen LogP contribution < -0.4 is 0 Å². The molecule has 0 unspecified atom stereocenters. The fourth-order valence-corrected chi connectivity index (χ4v) is 0.684. The van der Waals surface area contributed by atoms with Crippen molar-refractivity contribution >= 4 is 33.6 Å². The van der Waals surface area contributed by atoms with Gasteiger partial charge in [-0.3, -0.25) is 18.7 Å². The van der Waals surface area contributed by atoms with Crippen molar-refractivity contribution in [1.29, 1.82) is 0 Å². The van der Waals surface area contributed by atoms with E-state index < -0.39 is 32.8 Å². The highest BCUT2D eigenvalue weighted by Gasteiger charge is 2.19. The van der Waals surface area contributed by atoms with Gasteiger partial charge in [0.25, 0.3) is 0 Å². The Morgan fingerprint density at radius 3 is 1.73 bits per heavy atom. The molecule has 84 valence electrons. The van der Waals surface area contributed by atoms with E-state index in [9.17, 15) is 9.59 Å². The van der Waals surface area contributed by atoms with Crippen molar-refractivity contribution < 1.29 is 32.2 Å². The lowest BCUT2D eigenvalue weighted by molar-refractivity contribution is -0.116. The molecule has 1 rings (SSSR count). The Hall–Kier alpha value is -1.22. The van der Waals surface area contributed by atoms with Gasteiger partial charge in [-0.1, -0.05) is 11.6 Å². The Morgan fingerprint density at radius 1 is 1.07 bits per heavy atom. The molecule has 7 nitrogen and oxygen atoms in total. The molecule has 0 amide bonds. The summed E-state index contributed by atoms with van der Waals surface area (Å²) in [6.45, 7) is 0. The van der Waals surface area contributed by atoms with Crippen LogP contribution >= 0.6 is 11.6 Å². The molecule has 0 saturated carbocycles. The summed E-state index contributed by atoms with van der Waals surface area (Å²) < 4.78 is 31.6. The van der Waals surface area contributed by atoms with E-state index in [2.05, 4.69) is 0 Å². The molecule has 15 heavy (non-hydrogen) atoms. The third kappa shape index (κ3) is 5.96. The lowest BCUT2D eigenvalue weighted by Gasteiger charge is -2.01. The Balaban J connectivity index is 0.000000336. The molecular formula is C6H5ClO7S. The smallest absolute Gasteiger partial charge is 0.394 e. The van der Waals surface area contributed by atoms with Gasteiger partial charge in [0.15, 0.2) is 5.76 Å². The van der Waals surface area contributed by atoms with Crippen molar-refractivity contribution in [2.75, 3.05) is 0 Å². The van der Waals surface area contributed by atoms with E-state index in [1.165, 1.54) is 0 Å². The molecular weight excluding hydrogens is 252 g/mol. The number of hydrogen-bond acceptors (Lipinski definition) is 5. The molecule has 0 spiro atoms. The first-order valence-electron chi connectivity index (χ1n) is 3.18. The van der Waals surface area contributed by atoms with Crippen LogP contribution in [-0.4, -0.2) is 34.2 Å². The molecule has 0 aromatic rings. The zero-order valence-corrected chi connectivity index (χ0v) is 8.49. The first-order chi connectivity index (χ1) is 6.63. The largest absolute Gasteiger partial charge is 0.503 e. The number of ketones is 2. The van der Waals surface area contributed by atoms with Crippen LogP contribution in [0.4, 0.5) is 0 Å². The SMILES string of the molecule is O=C1C=CC(=O)C(Cl)=C1O.O=S(=O)(O)O. The number of halogens is 1. The summed E-state index contributed by atoms with van der Waals surface area (Å²) in [5, 5.41) is 8.33. The van der Waals surface area contributed by atoms with Crippen LogP contribution in [-0.2, 0) is 20.0 Å². The molecule has 0 fully saturated rings. The number of rotatable bonds is 0. The quantitative estimate of drug-likeness (QED) is 0.412. The monoisotopic (exact) mass is 256 g/mol. The van der Waals surface area contributed by atoms with Gasteiger partial charge in [0.2, 0.25) is 11.6 Å². The number of allylic oxidation sites excluding steroid dienone is 3. The zero-order valence-electron chi connectivity index (χ0n) is 6.92. The highest BCUT2D eigenvalue weighted by atomic mass is 35.5. The van der Waals surface area contributed by atoms with E-state index in [1.807, 2.05) is 0 Å². The van der Waals surface area contributed by atoms with Gasteiger partial charge in [0.1, 0.15) is 5.03 Å². The topological polar surface area (TPSA) is 129 Å². The third-order valence-corrected chi connectivity index (χ3v) is 1.41. The van der Waals surface area contributed by atoms with Crippen LogP contribution in [0.5, 0.6) is 0 Å². The van der Waals surface area contributed by atoms with Gasteiger partial charge in [-0.2, -0.15) is 8.42 Å². The van der Waals surface area contributed by atoms with Crippen molar-refractivity contribution in [2.24, 2.45) is 0 Å². The van der Waals surface area contributed by atoms with Crippen molar-refractivity contribution in [1.82, 2.24) is 0 Å². The molecule has 0 bridgehead atoms. The Bertz CT molecular complexity index is 410. The molecule has 0 radical (unpaired) electrons. The highest BCUT2D eigenvalue weighted by molar-refractivity contribution is 7.79. The maximum atomic E-state index is 10.6. The molecule has 1 aliphatic rings. The molecule has 1 aliphatic carbocycles. The normalized spacial score (nSPS) is 16.2. The molecule has 0 saturated heterocycles. The van der Waals surface area contributed by atoms with E-state index in [0.717, 1.165) is 12.2 Å². The number of carbonyl (C=O) groups excluding carboxylic acids is 2. The van der Waals surface area contributed by atoms with Crippen LogP contribution in [0.1, 0.15) is 0 Å². The molecule has 0 aliphatic heterocycles. The minimum atomic E-state index is -4.67. The summed E-state index contributed by atoms with van der Waals surface area (Å²) in [4.78, 5) is 21.1. The van der Waals surface area contributed by atoms with Crippen LogP contribution in [0.2, 0.25) is 0 Å². The molecule has 3 N–H and O–H groups in total. The summed E-state index contributed by atoms with van der Waals surface area (Å²) in [7, 11) is -4.67. The fraction of sp³-hybridized carbons (Fsp3) is 0. The van der Waals surface area contributed by atoms with Crippen molar-refractivity contribution in [3.63, 3.8) is 0 Å². The number of aliphatic hydroxyl groups excluding tert-OH is 1. The average molecular weight is 257 g/mol. The van der Waals surface area contributed by atoms with E-state index in [0.29, 0.717) is 0 Å². The number of aliphatic hydroxyl groups is 1. The van der Waals surface area contributed by atoms with Gasteiger partial charge in [0, 0.05) is 0 Å². The second kappa shape index (κ2) is 5.03. The van der Waals surface area contributed by atoms with Gasteiger partial charge >= 0.3 is 10.4 Å². The molecule has 0 atom stereocenters. The Morgan fingerprint density at radius 2 is 1.40 bits per heavy atom. The first kappa shape index (κ1) is 13.8. The lowest BCUT2D eigenvalue weighted by Crippen LogP contribution is -2.10. The van der Waals surface area contributed by atoms with Gasteiger partial charge in [-0.05, 0) is 12.2 Å². The van der Waals surface area contributed by atoms with Gasteiger partial charge in [-0.15, -0.1) is 0 Å². The maximum absolute atomic E-state index is 10.6. The minimum Gasteiger partial charge on any atom is -0.503 e. The lowest BCUT2D eigenvalue weighted by atomic mass is 10.1. The Kier molecular flexibility index (Phi) is 4.62. The summed E-state index contributed by atoms with van der Waals surface area (Å²) in [6, 6.07) is 0. The predicted molar refractivity (Wildman–Crippen MR) is 48.8 cm³/mol. The van der Waals surface area contributed by atoms with Crippen molar-refractivity contribution in [2.45, 2.75) is 0 Å². The molecule has 0 aromatic heterocycles. The zero-order chi connectivity index (χ0) is 12.2. The first-order valence-corrected chi connectivity index (χ1v) is 4.95. The molecule has 0 heterocycles. The summed E-state index contributed by atoms with van der Waals surface area (Å²) in [5.74, 6) is -1.85. The Labute approximate surface area is 89.2 Å². The summed E-state index contributed by atoms with van der Waals surface area (Å²) in [5.41, 5.74) is 0. The fourth-order valence-electron chi connectivity index (χ4n) is 0.528. The minimum absolute atomic E-state index is 0.410. The standard InChI is InChI=1S/C6H3ClO3.H2O4S/c7-5-3(8)1-2-4(9)6(5)10;1-5(2,3)4/h1-2,10H;(H2,1,2,3,4). The van der Waals surface area contributed by atoms with Crippen molar-refractivity contribution in [3.05, 3.63) is 22.9 Å². The van der Waals surface area contributed by atoms with Crippen LogP contribution in [0, 0.1) is 0 Å². The summed E-state index contributed by atoms with van der Waals surface area (Å²) >= 11 is 5.22. The third-order valence-electron chi connectivity index (χ3n) is 1.04. The van der Waals surface area contributed by atoms with Gasteiger partial charge < -0.3 is 5.11 Å². The number of hydrogen-bond donors (Lipinski definition) is 3. The van der Waals surface area contributed by atoms with Crippen LogP contribution in [0.3, 0.4) is 0 Å². The average Bonchev–Trinajstić information content (AvgIpc) is 2.05. The maximum Gasteiger partial charge on any atom is 0.394 e. The van der Waals surface area contributed by atoms with Crippen LogP contribution in [0.25, 0.3) is 0 Å². The second-order valence-electron chi connectivity index (χ2n) is 2.17. The summed E-state index contributed by atoms with van der Waals surface area (Å²) in [6.07, 6.45) is 1.99. The molecule has 9 heteroatoms. The second-order valence-corrected chi connectivity index (χ2v) is 3.45. The van der Waals surface area contributed by atoms with E-state index in [-0.39, 0.29) is 0 Å². The van der Waals surface area contributed by atoms with E-state index in [4.69, 9.17) is 34.2 Å².